The normalized spacial score (nSPS) is 14.1. The summed E-state index contributed by atoms with van der Waals surface area (Å²) in [5.41, 5.74) is 3.07. The Labute approximate surface area is 133 Å². The Bertz CT molecular complexity index is 560. The molecule has 22 heavy (non-hydrogen) atoms. The first-order valence-electron chi connectivity index (χ1n) is 7.98. The van der Waals surface area contributed by atoms with Crippen LogP contribution < -0.4 is 10.1 Å². The van der Waals surface area contributed by atoms with Gasteiger partial charge in [0.05, 0.1) is 0 Å². The summed E-state index contributed by atoms with van der Waals surface area (Å²) >= 11 is 0. The summed E-state index contributed by atoms with van der Waals surface area (Å²) in [4.78, 5) is 12.2. The second-order valence-electron chi connectivity index (χ2n) is 5.89. The Kier molecular flexibility index (Phi) is 6.26. The molecular formula is C19H25NO2. The highest BCUT2D eigenvalue weighted by atomic mass is 16.5. The van der Waals surface area contributed by atoms with E-state index in [-0.39, 0.29) is 5.91 Å². The minimum Gasteiger partial charge on any atom is -0.489 e. The number of allylic oxidation sites excluding steroid dienone is 1. The van der Waals surface area contributed by atoms with E-state index in [1.807, 2.05) is 25.1 Å². The lowest BCUT2D eigenvalue weighted by Gasteiger charge is -2.13. The van der Waals surface area contributed by atoms with Gasteiger partial charge in [-0.15, -0.1) is 0 Å². The van der Waals surface area contributed by atoms with Gasteiger partial charge < -0.3 is 10.1 Å². The van der Waals surface area contributed by atoms with Crippen LogP contribution >= 0.6 is 0 Å². The van der Waals surface area contributed by atoms with Gasteiger partial charge in [-0.3, -0.25) is 4.79 Å². The summed E-state index contributed by atoms with van der Waals surface area (Å²) in [6.45, 7) is 6.88. The molecule has 0 atom stereocenters. The molecule has 0 heterocycles. The van der Waals surface area contributed by atoms with Crippen molar-refractivity contribution in [1.82, 2.24) is 5.32 Å². The van der Waals surface area contributed by atoms with E-state index in [4.69, 9.17) is 4.74 Å². The van der Waals surface area contributed by atoms with Gasteiger partial charge in [0.15, 0.2) is 0 Å². The highest BCUT2D eigenvalue weighted by Crippen LogP contribution is 2.19. The molecule has 1 aliphatic carbocycles. The van der Waals surface area contributed by atoms with E-state index < -0.39 is 0 Å². The molecule has 3 heteroatoms. The van der Waals surface area contributed by atoms with E-state index in [9.17, 15) is 4.79 Å². The van der Waals surface area contributed by atoms with Crippen molar-refractivity contribution in [3.63, 3.8) is 0 Å². The number of carbonyl (C=O) groups is 1. The van der Waals surface area contributed by atoms with Crippen LogP contribution in [0.25, 0.3) is 0 Å². The number of ether oxygens (including phenoxy) is 1. The Hall–Kier alpha value is -2.03. The average Bonchev–Trinajstić information content (AvgIpc) is 2.54. The second-order valence-corrected chi connectivity index (χ2v) is 5.89. The maximum atomic E-state index is 12.2. The smallest absolute Gasteiger partial charge is 0.251 e. The molecule has 118 valence electrons. The van der Waals surface area contributed by atoms with E-state index in [0.29, 0.717) is 24.5 Å². The fourth-order valence-corrected chi connectivity index (χ4v) is 2.50. The fourth-order valence-electron chi connectivity index (χ4n) is 2.50. The highest BCUT2D eigenvalue weighted by Gasteiger charge is 2.08. The first kappa shape index (κ1) is 16.3. The number of benzene rings is 1. The molecule has 0 aromatic heterocycles. The molecule has 2 rings (SSSR count). The largest absolute Gasteiger partial charge is 0.489 e. The van der Waals surface area contributed by atoms with Crippen LogP contribution in [0.4, 0.5) is 0 Å². The monoisotopic (exact) mass is 299 g/mol. The van der Waals surface area contributed by atoms with Crippen LogP contribution in [0.1, 0.15) is 49.4 Å². The number of carbonyl (C=O) groups excluding carboxylic acids is 1. The van der Waals surface area contributed by atoms with Gasteiger partial charge in [-0.2, -0.15) is 0 Å². The molecular weight excluding hydrogens is 274 g/mol. The summed E-state index contributed by atoms with van der Waals surface area (Å²) in [6.07, 6.45) is 8.22. The maximum Gasteiger partial charge on any atom is 0.251 e. The van der Waals surface area contributed by atoms with Crippen LogP contribution in [0, 0.1) is 0 Å². The molecule has 1 aromatic rings. The summed E-state index contributed by atoms with van der Waals surface area (Å²) in [5.74, 6) is 0.655. The number of hydrogen-bond donors (Lipinski definition) is 1. The van der Waals surface area contributed by atoms with Gasteiger partial charge >= 0.3 is 0 Å². The van der Waals surface area contributed by atoms with Crippen LogP contribution in [0.3, 0.4) is 0 Å². The number of nitrogens with one attached hydrogen (secondary N) is 1. The van der Waals surface area contributed by atoms with E-state index in [1.165, 1.54) is 31.3 Å². The van der Waals surface area contributed by atoms with Crippen molar-refractivity contribution in [1.29, 1.82) is 0 Å². The fraction of sp³-hybridized carbons (Fsp3) is 0.421. The molecule has 0 radical (unpaired) electrons. The molecule has 1 aromatic carbocycles. The Morgan fingerprint density at radius 3 is 2.95 bits per heavy atom. The molecule has 0 spiro atoms. The minimum absolute atomic E-state index is 0.0443. The molecule has 0 saturated heterocycles. The quantitative estimate of drug-likeness (QED) is 0.764. The van der Waals surface area contributed by atoms with Crippen LogP contribution in [0.15, 0.2) is 48.1 Å². The zero-order valence-electron chi connectivity index (χ0n) is 13.4. The molecule has 1 N–H and O–H groups in total. The zero-order valence-corrected chi connectivity index (χ0v) is 13.4. The summed E-state index contributed by atoms with van der Waals surface area (Å²) < 4.78 is 5.57. The van der Waals surface area contributed by atoms with Crippen molar-refractivity contribution in [3.05, 3.63) is 53.6 Å². The maximum absolute atomic E-state index is 12.2. The summed E-state index contributed by atoms with van der Waals surface area (Å²) in [6, 6.07) is 7.28. The number of hydrogen-bond acceptors (Lipinski definition) is 2. The van der Waals surface area contributed by atoms with Crippen LogP contribution in [0.5, 0.6) is 5.75 Å². The van der Waals surface area contributed by atoms with Crippen molar-refractivity contribution >= 4 is 5.91 Å². The molecule has 1 aliphatic rings. The van der Waals surface area contributed by atoms with Crippen molar-refractivity contribution in [3.8, 4) is 5.75 Å². The van der Waals surface area contributed by atoms with Crippen molar-refractivity contribution in [2.45, 2.75) is 39.0 Å². The molecule has 1 amide bonds. The molecule has 0 saturated carbocycles. The van der Waals surface area contributed by atoms with E-state index in [0.717, 1.165) is 12.0 Å². The lowest BCUT2D eigenvalue weighted by molar-refractivity contribution is 0.0953. The van der Waals surface area contributed by atoms with Crippen molar-refractivity contribution < 1.29 is 9.53 Å². The molecule has 0 aliphatic heterocycles. The predicted octanol–water partition coefficient (Wildman–Crippen LogP) is 4.26. The number of amides is 1. The minimum atomic E-state index is -0.0443. The zero-order chi connectivity index (χ0) is 15.8. The lowest BCUT2D eigenvalue weighted by atomic mass is 9.97. The number of rotatable bonds is 7. The first-order valence-corrected chi connectivity index (χ1v) is 7.98. The van der Waals surface area contributed by atoms with Crippen molar-refractivity contribution in [2.24, 2.45) is 0 Å². The Morgan fingerprint density at radius 2 is 2.23 bits per heavy atom. The van der Waals surface area contributed by atoms with Gasteiger partial charge in [0.25, 0.3) is 5.91 Å². The van der Waals surface area contributed by atoms with E-state index in [2.05, 4.69) is 18.0 Å². The topological polar surface area (TPSA) is 38.3 Å². The third-order valence-electron chi connectivity index (χ3n) is 3.70. The van der Waals surface area contributed by atoms with Crippen LogP contribution in [-0.4, -0.2) is 19.1 Å². The highest BCUT2D eigenvalue weighted by molar-refractivity contribution is 5.94. The SMILES string of the molecule is C=C(C)COc1cccc(C(=O)NCCC2=CCCCC2)c1. The Morgan fingerprint density at radius 1 is 1.36 bits per heavy atom. The van der Waals surface area contributed by atoms with Gasteiger partial charge in [0.1, 0.15) is 12.4 Å². The molecule has 0 fully saturated rings. The van der Waals surface area contributed by atoms with E-state index in [1.54, 1.807) is 6.07 Å². The summed E-state index contributed by atoms with van der Waals surface area (Å²) in [5, 5.41) is 2.99. The Balaban J connectivity index is 1.82. The lowest BCUT2D eigenvalue weighted by Crippen LogP contribution is -2.24. The molecule has 0 bridgehead atoms. The van der Waals surface area contributed by atoms with Crippen LogP contribution in [-0.2, 0) is 0 Å². The molecule has 0 unspecified atom stereocenters. The third kappa shape index (κ3) is 5.40. The van der Waals surface area contributed by atoms with Gasteiger partial charge in [0, 0.05) is 12.1 Å². The second kappa shape index (κ2) is 8.42. The predicted molar refractivity (Wildman–Crippen MR) is 90.3 cm³/mol. The first-order chi connectivity index (χ1) is 10.6. The van der Waals surface area contributed by atoms with Crippen LogP contribution in [0.2, 0.25) is 0 Å². The standard InChI is InChI=1S/C19H25NO2/c1-15(2)14-22-18-10-6-9-17(13-18)19(21)20-12-11-16-7-4-3-5-8-16/h6-7,9-10,13H,1,3-5,8,11-12,14H2,2H3,(H,20,21). The molecule has 3 nitrogen and oxygen atoms in total. The third-order valence-corrected chi connectivity index (χ3v) is 3.70. The van der Waals surface area contributed by atoms with Gasteiger partial charge in [-0.05, 0) is 62.8 Å². The van der Waals surface area contributed by atoms with Gasteiger partial charge in [-0.25, -0.2) is 0 Å². The van der Waals surface area contributed by atoms with Crippen molar-refractivity contribution in [2.75, 3.05) is 13.2 Å². The van der Waals surface area contributed by atoms with Gasteiger partial charge in [0.2, 0.25) is 0 Å². The van der Waals surface area contributed by atoms with Gasteiger partial charge in [-0.1, -0.05) is 24.3 Å². The van der Waals surface area contributed by atoms with E-state index >= 15 is 0 Å². The summed E-state index contributed by atoms with van der Waals surface area (Å²) in [7, 11) is 0. The average molecular weight is 299 g/mol.